The van der Waals surface area contributed by atoms with E-state index in [1.807, 2.05) is 6.07 Å². The smallest absolute Gasteiger partial charge is 0.220 e. The number of ether oxygens (including phenoxy) is 1. The van der Waals surface area contributed by atoms with Gasteiger partial charge in [0.15, 0.2) is 0 Å². The lowest BCUT2D eigenvalue weighted by atomic mass is 10.1. The fourth-order valence-electron chi connectivity index (χ4n) is 2.22. The molecule has 2 rings (SSSR count). The summed E-state index contributed by atoms with van der Waals surface area (Å²) < 4.78 is 5.11. The molecule has 0 radical (unpaired) electrons. The third-order valence-corrected chi connectivity index (χ3v) is 3.11. The van der Waals surface area contributed by atoms with Gasteiger partial charge in [-0.1, -0.05) is 24.3 Å². The van der Waals surface area contributed by atoms with E-state index < -0.39 is 0 Å². The lowest BCUT2D eigenvalue weighted by molar-refractivity contribution is -0.119. The van der Waals surface area contributed by atoms with Crippen LogP contribution in [0, 0.1) is 0 Å². The van der Waals surface area contributed by atoms with Gasteiger partial charge >= 0.3 is 0 Å². The van der Waals surface area contributed by atoms with Crippen LogP contribution < -0.4 is 10.6 Å². The molecule has 1 aromatic carbocycles. The van der Waals surface area contributed by atoms with Crippen molar-refractivity contribution in [1.82, 2.24) is 10.6 Å². The van der Waals surface area contributed by atoms with Crippen molar-refractivity contribution in [2.24, 2.45) is 0 Å². The van der Waals surface area contributed by atoms with Crippen LogP contribution in [0.15, 0.2) is 24.3 Å². The van der Waals surface area contributed by atoms with Crippen LogP contribution in [0.2, 0.25) is 0 Å². The van der Waals surface area contributed by atoms with E-state index in [1.54, 1.807) is 7.11 Å². The first-order chi connectivity index (χ1) is 8.78. The molecule has 4 heteroatoms. The molecule has 98 valence electrons. The van der Waals surface area contributed by atoms with Gasteiger partial charge in [0.2, 0.25) is 5.91 Å². The van der Waals surface area contributed by atoms with E-state index >= 15 is 0 Å². The Balaban J connectivity index is 1.75. The van der Waals surface area contributed by atoms with Gasteiger partial charge in [0.25, 0.3) is 0 Å². The molecule has 1 atom stereocenters. The molecule has 1 aliphatic heterocycles. The number of carbonyl (C=O) groups excluding carboxylic acids is 1. The lowest BCUT2D eigenvalue weighted by Crippen LogP contribution is -2.35. The van der Waals surface area contributed by atoms with Crippen LogP contribution >= 0.6 is 0 Å². The summed E-state index contributed by atoms with van der Waals surface area (Å²) in [6.07, 6.45) is 1.60. The van der Waals surface area contributed by atoms with Crippen molar-refractivity contribution >= 4 is 5.91 Å². The highest BCUT2D eigenvalue weighted by Crippen LogP contribution is 2.08. The zero-order chi connectivity index (χ0) is 12.8. The van der Waals surface area contributed by atoms with Gasteiger partial charge in [-0.2, -0.15) is 0 Å². The van der Waals surface area contributed by atoms with Crippen molar-refractivity contribution in [1.29, 1.82) is 0 Å². The van der Waals surface area contributed by atoms with Crippen molar-refractivity contribution < 1.29 is 9.53 Å². The number of methoxy groups -OCH3 is 1. The minimum atomic E-state index is 0.170. The number of amides is 1. The van der Waals surface area contributed by atoms with Crippen LogP contribution in [0.1, 0.15) is 24.0 Å². The molecule has 0 aliphatic carbocycles. The molecule has 1 unspecified atom stereocenters. The molecule has 1 aliphatic rings. The molecule has 2 N–H and O–H groups in total. The second kappa shape index (κ2) is 6.52. The number of rotatable bonds is 6. The third kappa shape index (κ3) is 3.82. The predicted octanol–water partition coefficient (Wildman–Crippen LogP) is 1.20. The van der Waals surface area contributed by atoms with Crippen molar-refractivity contribution in [3.63, 3.8) is 0 Å². The van der Waals surface area contributed by atoms with Gasteiger partial charge in [-0.15, -0.1) is 0 Å². The van der Waals surface area contributed by atoms with Crippen molar-refractivity contribution in [2.45, 2.75) is 32.0 Å². The highest BCUT2D eigenvalue weighted by Gasteiger charge is 2.19. The topological polar surface area (TPSA) is 50.4 Å². The Labute approximate surface area is 108 Å². The molecule has 0 spiro atoms. The zero-order valence-electron chi connectivity index (χ0n) is 10.7. The Morgan fingerprint density at radius 2 is 2.28 bits per heavy atom. The van der Waals surface area contributed by atoms with Crippen LogP contribution in [0.5, 0.6) is 0 Å². The molecular weight excluding hydrogens is 228 g/mol. The molecule has 1 aromatic rings. The summed E-state index contributed by atoms with van der Waals surface area (Å²) in [5, 5.41) is 6.33. The molecule has 18 heavy (non-hydrogen) atoms. The van der Waals surface area contributed by atoms with E-state index in [0.29, 0.717) is 19.1 Å². The van der Waals surface area contributed by atoms with Crippen LogP contribution in [-0.4, -0.2) is 25.6 Å². The Hall–Kier alpha value is -1.39. The summed E-state index contributed by atoms with van der Waals surface area (Å²) in [6, 6.07) is 8.63. The second-order valence-electron chi connectivity index (χ2n) is 4.69. The summed E-state index contributed by atoms with van der Waals surface area (Å²) in [7, 11) is 1.70. The molecular formula is C14H20N2O2. The SMILES string of the molecule is COCc1cccc(CNCC2CCC(=O)N2)c1. The van der Waals surface area contributed by atoms with E-state index in [4.69, 9.17) is 4.74 Å². The van der Waals surface area contributed by atoms with Gasteiger partial charge in [-0.25, -0.2) is 0 Å². The van der Waals surface area contributed by atoms with Gasteiger partial charge < -0.3 is 15.4 Å². The van der Waals surface area contributed by atoms with Gasteiger partial charge in [0.1, 0.15) is 0 Å². The largest absolute Gasteiger partial charge is 0.380 e. The second-order valence-corrected chi connectivity index (χ2v) is 4.69. The maximum Gasteiger partial charge on any atom is 0.220 e. The first-order valence-electron chi connectivity index (χ1n) is 6.35. The van der Waals surface area contributed by atoms with Crippen LogP contribution in [0.25, 0.3) is 0 Å². The molecule has 0 aromatic heterocycles. The summed E-state index contributed by atoms with van der Waals surface area (Å²) >= 11 is 0. The molecule has 4 nitrogen and oxygen atoms in total. The van der Waals surface area contributed by atoms with E-state index in [-0.39, 0.29) is 5.91 Å². The summed E-state index contributed by atoms with van der Waals surface area (Å²) in [4.78, 5) is 11.1. The summed E-state index contributed by atoms with van der Waals surface area (Å²) in [5.74, 6) is 0.170. The van der Waals surface area contributed by atoms with Crippen molar-refractivity contribution in [3.8, 4) is 0 Å². The minimum absolute atomic E-state index is 0.170. The number of hydrogen-bond donors (Lipinski definition) is 2. The first kappa shape index (κ1) is 13.1. The number of nitrogens with one attached hydrogen (secondary N) is 2. The third-order valence-electron chi connectivity index (χ3n) is 3.11. The molecule has 1 heterocycles. The average Bonchev–Trinajstić information content (AvgIpc) is 2.76. The van der Waals surface area contributed by atoms with E-state index in [1.165, 1.54) is 11.1 Å². The Morgan fingerprint density at radius 1 is 1.44 bits per heavy atom. The van der Waals surface area contributed by atoms with Gasteiger partial charge in [-0.05, 0) is 17.5 Å². The predicted molar refractivity (Wildman–Crippen MR) is 70.0 cm³/mol. The number of benzene rings is 1. The summed E-state index contributed by atoms with van der Waals surface area (Å²) in [5.41, 5.74) is 2.43. The zero-order valence-corrected chi connectivity index (χ0v) is 10.7. The molecule has 1 fully saturated rings. The molecule has 0 saturated carbocycles. The van der Waals surface area contributed by atoms with Crippen LogP contribution in [0.4, 0.5) is 0 Å². The van der Waals surface area contributed by atoms with Gasteiger partial charge in [0, 0.05) is 32.7 Å². The van der Waals surface area contributed by atoms with Crippen molar-refractivity contribution in [2.75, 3.05) is 13.7 Å². The maximum absolute atomic E-state index is 11.1. The van der Waals surface area contributed by atoms with E-state index in [0.717, 1.165) is 19.5 Å². The van der Waals surface area contributed by atoms with Crippen molar-refractivity contribution in [3.05, 3.63) is 35.4 Å². The highest BCUT2D eigenvalue weighted by atomic mass is 16.5. The average molecular weight is 248 g/mol. The summed E-state index contributed by atoms with van der Waals surface area (Å²) in [6.45, 7) is 2.30. The minimum Gasteiger partial charge on any atom is -0.380 e. The molecule has 1 saturated heterocycles. The van der Waals surface area contributed by atoms with Crippen LogP contribution in [0.3, 0.4) is 0 Å². The van der Waals surface area contributed by atoms with Crippen LogP contribution in [-0.2, 0) is 22.7 Å². The number of carbonyl (C=O) groups is 1. The maximum atomic E-state index is 11.1. The van der Waals surface area contributed by atoms with Gasteiger partial charge in [0.05, 0.1) is 6.61 Å². The normalized spacial score (nSPS) is 18.9. The lowest BCUT2D eigenvalue weighted by Gasteiger charge is -2.11. The first-order valence-corrected chi connectivity index (χ1v) is 6.35. The fraction of sp³-hybridized carbons (Fsp3) is 0.500. The molecule has 1 amide bonds. The standard InChI is InChI=1S/C14H20N2O2/c1-18-10-12-4-2-3-11(7-12)8-15-9-13-5-6-14(17)16-13/h2-4,7,13,15H,5-6,8-10H2,1H3,(H,16,17). The van der Waals surface area contributed by atoms with Gasteiger partial charge in [-0.3, -0.25) is 4.79 Å². The van der Waals surface area contributed by atoms with E-state index in [9.17, 15) is 4.79 Å². The Bertz CT molecular complexity index is 407. The highest BCUT2D eigenvalue weighted by molar-refractivity contribution is 5.78. The Kier molecular flexibility index (Phi) is 4.73. The number of hydrogen-bond acceptors (Lipinski definition) is 3. The molecule has 0 bridgehead atoms. The fourth-order valence-corrected chi connectivity index (χ4v) is 2.22. The quantitative estimate of drug-likeness (QED) is 0.795. The monoisotopic (exact) mass is 248 g/mol. The van der Waals surface area contributed by atoms with E-state index in [2.05, 4.69) is 28.8 Å². The Morgan fingerprint density at radius 3 is 3.00 bits per heavy atom.